The fourth-order valence-corrected chi connectivity index (χ4v) is 2.67. The minimum atomic E-state index is -0.432. The van der Waals surface area contributed by atoms with E-state index in [9.17, 15) is 9.59 Å². The first kappa shape index (κ1) is 17.5. The predicted octanol–water partition coefficient (Wildman–Crippen LogP) is 2.61. The lowest BCUT2D eigenvalue weighted by Crippen LogP contribution is -2.35. The molecule has 0 bridgehead atoms. The Morgan fingerprint density at radius 2 is 1.85 bits per heavy atom. The van der Waals surface area contributed by atoms with E-state index in [4.69, 9.17) is 4.74 Å². The zero-order valence-electron chi connectivity index (χ0n) is 15.0. The largest absolute Gasteiger partial charge is 0.493 e. The molecule has 6 heteroatoms. The maximum Gasteiger partial charge on any atom is 0.282 e. The molecule has 0 aliphatic carbocycles. The van der Waals surface area contributed by atoms with Gasteiger partial charge in [0, 0.05) is 31.4 Å². The fourth-order valence-electron chi connectivity index (χ4n) is 2.67. The molecule has 1 fully saturated rings. The van der Waals surface area contributed by atoms with E-state index in [-0.39, 0.29) is 11.5 Å². The number of benzene rings is 2. The number of carbonyl (C=O) groups is 2. The molecule has 0 radical (unpaired) electrons. The fraction of sp³-hybridized carbons (Fsp3) is 0.200. The third-order valence-electron chi connectivity index (χ3n) is 4.02. The number of ether oxygens (including phenoxy) is 1. The lowest BCUT2D eigenvalue weighted by molar-refractivity contribution is -0.117. The number of hydrazine groups is 1. The van der Waals surface area contributed by atoms with Crippen LogP contribution in [-0.4, -0.2) is 32.5 Å². The van der Waals surface area contributed by atoms with Crippen molar-refractivity contribution in [1.29, 1.82) is 0 Å². The molecule has 2 aromatic carbocycles. The molecule has 1 aliphatic rings. The maximum atomic E-state index is 12.7. The normalized spacial score (nSPS) is 15.3. The van der Waals surface area contributed by atoms with Crippen LogP contribution in [0, 0.1) is 0 Å². The molecule has 1 aliphatic heterocycles. The third kappa shape index (κ3) is 3.39. The second kappa shape index (κ2) is 7.31. The zero-order valence-corrected chi connectivity index (χ0v) is 15.0. The van der Waals surface area contributed by atoms with Gasteiger partial charge in [-0.25, -0.2) is 5.01 Å². The smallest absolute Gasteiger partial charge is 0.282 e. The summed E-state index contributed by atoms with van der Waals surface area (Å²) in [6.45, 7) is 2.38. The van der Waals surface area contributed by atoms with Crippen molar-refractivity contribution in [3.05, 3.63) is 59.7 Å². The topological polar surface area (TPSA) is 61.9 Å². The van der Waals surface area contributed by atoms with E-state index in [2.05, 4.69) is 5.43 Å². The Morgan fingerprint density at radius 1 is 1.12 bits per heavy atom. The van der Waals surface area contributed by atoms with Crippen molar-refractivity contribution >= 4 is 29.3 Å². The van der Waals surface area contributed by atoms with Gasteiger partial charge in [0.05, 0.1) is 12.3 Å². The van der Waals surface area contributed by atoms with Crippen LogP contribution in [0.25, 0.3) is 6.08 Å². The maximum absolute atomic E-state index is 12.7. The number of amides is 2. The lowest BCUT2D eigenvalue weighted by Gasteiger charge is -2.16. The number of hydrogen-bond acceptors (Lipinski definition) is 4. The summed E-state index contributed by atoms with van der Waals surface area (Å²) in [6, 6.07) is 14.6. The van der Waals surface area contributed by atoms with Gasteiger partial charge in [0.1, 0.15) is 11.3 Å². The zero-order chi connectivity index (χ0) is 18.7. The van der Waals surface area contributed by atoms with Gasteiger partial charge in [-0.1, -0.05) is 18.2 Å². The molecule has 0 atom stereocenters. The Kier molecular flexibility index (Phi) is 4.93. The molecule has 2 amide bonds. The van der Waals surface area contributed by atoms with Gasteiger partial charge in [-0.15, -0.1) is 0 Å². The average molecular weight is 351 g/mol. The van der Waals surface area contributed by atoms with E-state index in [1.54, 1.807) is 18.2 Å². The molecule has 0 saturated carbocycles. The molecule has 26 heavy (non-hydrogen) atoms. The Labute approximate surface area is 152 Å². The molecule has 0 spiro atoms. The Morgan fingerprint density at radius 3 is 2.50 bits per heavy atom. The molecule has 6 nitrogen and oxygen atoms in total. The van der Waals surface area contributed by atoms with Gasteiger partial charge in [-0.2, -0.15) is 0 Å². The van der Waals surface area contributed by atoms with Crippen LogP contribution in [0.3, 0.4) is 0 Å². The first-order valence-electron chi connectivity index (χ1n) is 8.37. The first-order chi connectivity index (χ1) is 12.5. The molecule has 1 saturated heterocycles. The average Bonchev–Trinajstić information content (AvgIpc) is 2.92. The quantitative estimate of drug-likeness (QED) is 0.664. The van der Waals surface area contributed by atoms with Crippen molar-refractivity contribution < 1.29 is 14.3 Å². The van der Waals surface area contributed by atoms with Gasteiger partial charge in [0.2, 0.25) is 0 Å². The summed E-state index contributed by atoms with van der Waals surface area (Å²) in [5, 5.41) is 1.25. The molecule has 1 heterocycles. The highest BCUT2D eigenvalue weighted by Crippen LogP contribution is 2.29. The van der Waals surface area contributed by atoms with Crippen molar-refractivity contribution in [2.75, 3.05) is 30.6 Å². The van der Waals surface area contributed by atoms with Gasteiger partial charge < -0.3 is 9.64 Å². The summed E-state index contributed by atoms with van der Waals surface area (Å²) in [6.07, 6.45) is 1.57. The number of anilines is 2. The number of para-hydroxylation sites is 1. The summed E-state index contributed by atoms with van der Waals surface area (Å²) in [5.41, 5.74) is 4.95. The Hall–Kier alpha value is -3.28. The van der Waals surface area contributed by atoms with E-state index in [0.717, 1.165) is 5.69 Å². The van der Waals surface area contributed by atoms with Crippen LogP contribution in [0.1, 0.15) is 12.5 Å². The third-order valence-corrected chi connectivity index (χ3v) is 4.02. The van der Waals surface area contributed by atoms with Crippen LogP contribution in [0.4, 0.5) is 11.4 Å². The highest BCUT2D eigenvalue weighted by atomic mass is 16.5. The van der Waals surface area contributed by atoms with Gasteiger partial charge in [-0.3, -0.25) is 15.0 Å². The van der Waals surface area contributed by atoms with Crippen LogP contribution in [0.2, 0.25) is 0 Å². The van der Waals surface area contributed by atoms with E-state index in [1.165, 1.54) is 5.01 Å². The standard InChI is InChI=1S/C20H21N3O3/c1-4-26-18-13-16(22(2)3)11-10-14(18)12-17-19(24)21-23(20(17)25)15-8-6-5-7-9-15/h5-13H,4H2,1-3H3,(H,21,24)/b17-12-. The Balaban J connectivity index is 1.97. The van der Waals surface area contributed by atoms with E-state index in [0.29, 0.717) is 23.6 Å². The molecular formula is C20H21N3O3. The molecule has 2 aromatic rings. The summed E-state index contributed by atoms with van der Waals surface area (Å²) in [7, 11) is 3.88. The van der Waals surface area contributed by atoms with Gasteiger partial charge in [-0.05, 0) is 37.3 Å². The van der Waals surface area contributed by atoms with E-state index in [1.807, 2.05) is 62.3 Å². The summed E-state index contributed by atoms with van der Waals surface area (Å²) in [5.74, 6) is -0.191. The van der Waals surface area contributed by atoms with Gasteiger partial charge in [0.15, 0.2) is 0 Å². The summed E-state index contributed by atoms with van der Waals surface area (Å²) in [4.78, 5) is 27.0. The molecule has 1 N–H and O–H groups in total. The number of carbonyl (C=O) groups excluding carboxylic acids is 2. The number of hydrogen-bond donors (Lipinski definition) is 1. The van der Waals surface area contributed by atoms with Crippen LogP contribution >= 0.6 is 0 Å². The van der Waals surface area contributed by atoms with Crippen LogP contribution in [-0.2, 0) is 9.59 Å². The van der Waals surface area contributed by atoms with Crippen molar-refractivity contribution in [1.82, 2.24) is 5.43 Å². The molecule has 0 aromatic heterocycles. The van der Waals surface area contributed by atoms with Crippen LogP contribution in [0.5, 0.6) is 5.75 Å². The molecular weight excluding hydrogens is 330 g/mol. The second-order valence-electron chi connectivity index (χ2n) is 6.02. The molecule has 0 unspecified atom stereocenters. The van der Waals surface area contributed by atoms with Crippen LogP contribution < -0.4 is 20.1 Å². The first-order valence-corrected chi connectivity index (χ1v) is 8.37. The highest BCUT2D eigenvalue weighted by molar-refractivity contribution is 6.31. The number of nitrogens with one attached hydrogen (secondary N) is 1. The number of nitrogens with zero attached hydrogens (tertiary/aromatic N) is 2. The highest BCUT2D eigenvalue weighted by Gasteiger charge is 2.34. The lowest BCUT2D eigenvalue weighted by atomic mass is 10.1. The summed E-state index contributed by atoms with van der Waals surface area (Å²) >= 11 is 0. The number of rotatable bonds is 5. The van der Waals surface area contributed by atoms with Gasteiger partial charge in [0.25, 0.3) is 11.8 Å². The Bertz CT molecular complexity index is 860. The van der Waals surface area contributed by atoms with Crippen molar-refractivity contribution in [2.45, 2.75) is 6.92 Å². The van der Waals surface area contributed by atoms with Gasteiger partial charge >= 0.3 is 0 Å². The van der Waals surface area contributed by atoms with Crippen molar-refractivity contribution in [3.63, 3.8) is 0 Å². The van der Waals surface area contributed by atoms with Crippen molar-refractivity contribution in [2.24, 2.45) is 0 Å². The minimum absolute atomic E-state index is 0.0763. The second-order valence-corrected chi connectivity index (χ2v) is 6.02. The minimum Gasteiger partial charge on any atom is -0.493 e. The van der Waals surface area contributed by atoms with E-state index >= 15 is 0 Å². The van der Waals surface area contributed by atoms with E-state index < -0.39 is 5.91 Å². The SMILES string of the molecule is CCOc1cc(N(C)C)ccc1/C=C1/C(=O)NN(c2ccccc2)C1=O. The molecule has 134 valence electrons. The molecule has 3 rings (SSSR count). The van der Waals surface area contributed by atoms with Crippen LogP contribution in [0.15, 0.2) is 54.1 Å². The summed E-state index contributed by atoms with van der Waals surface area (Å²) < 4.78 is 5.69. The monoisotopic (exact) mass is 351 g/mol. The van der Waals surface area contributed by atoms with Crippen molar-refractivity contribution in [3.8, 4) is 5.75 Å². The predicted molar refractivity (Wildman–Crippen MR) is 102 cm³/mol.